The number of unbranched alkanes of at least 4 members (excludes halogenated alkanes) is 46. The summed E-state index contributed by atoms with van der Waals surface area (Å²) in [4.78, 5) is 37.9. The SMILES string of the molecule is CCCCCCC/C=C\CCCCCCCC(=O)OC(COC(=O)CCCCCCCC)COC(=O)CCCCCCCCCCCCCCCCCCCCCCCCCCCCCCCCCC. The molecular formula is C64H122O6. The van der Waals surface area contributed by atoms with Gasteiger partial charge < -0.3 is 14.2 Å². The van der Waals surface area contributed by atoms with Crippen LogP contribution in [0.1, 0.15) is 361 Å². The highest BCUT2D eigenvalue weighted by molar-refractivity contribution is 5.71. The summed E-state index contributed by atoms with van der Waals surface area (Å²) in [5.74, 6) is -0.867. The molecule has 0 amide bonds. The van der Waals surface area contributed by atoms with Crippen molar-refractivity contribution in [2.24, 2.45) is 0 Å². The smallest absolute Gasteiger partial charge is 0.306 e. The van der Waals surface area contributed by atoms with Crippen molar-refractivity contribution < 1.29 is 28.6 Å². The van der Waals surface area contributed by atoms with Crippen molar-refractivity contribution in [3.8, 4) is 0 Å². The first kappa shape index (κ1) is 68.2. The van der Waals surface area contributed by atoms with Gasteiger partial charge in [0.1, 0.15) is 13.2 Å². The molecule has 0 saturated heterocycles. The van der Waals surface area contributed by atoms with Gasteiger partial charge in [-0.05, 0) is 44.9 Å². The number of esters is 3. The van der Waals surface area contributed by atoms with Crippen molar-refractivity contribution in [2.75, 3.05) is 13.2 Å². The first-order valence-corrected chi connectivity index (χ1v) is 31.7. The summed E-state index contributed by atoms with van der Waals surface area (Å²) in [6.07, 6.45) is 70.0. The summed E-state index contributed by atoms with van der Waals surface area (Å²) in [5, 5.41) is 0. The first-order chi connectivity index (χ1) is 34.5. The minimum absolute atomic E-state index is 0.0687. The van der Waals surface area contributed by atoms with Crippen molar-refractivity contribution in [3.63, 3.8) is 0 Å². The highest BCUT2D eigenvalue weighted by Crippen LogP contribution is 2.18. The first-order valence-electron chi connectivity index (χ1n) is 31.7. The quantitative estimate of drug-likeness (QED) is 0.0261. The molecule has 0 aliphatic heterocycles. The van der Waals surface area contributed by atoms with Crippen LogP contribution in [0.15, 0.2) is 12.2 Å². The molecule has 0 rings (SSSR count). The number of carbonyl (C=O) groups is 3. The van der Waals surface area contributed by atoms with Gasteiger partial charge in [0.05, 0.1) is 0 Å². The molecule has 414 valence electrons. The van der Waals surface area contributed by atoms with Gasteiger partial charge in [0.2, 0.25) is 0 Å². The molecule has 1 unspecified atom stereocenters. The van der Waals surface area contributed by atoms with Crippen LogP contribution < -0.4 is 0 Å². The van der Waals surface area contributed by atoms with Gasteiger partial charge >= 0.3 is 17.9 Å². The third kappa shape index (κ3) is 57.1. The fraction of sp³-hybridized carbons (Fsp3) is 0.922. The molecular weight excluding hydrogens is 865 g/mol. The summed E-state index contributed by atoms with van der Waals surface area (Å²) in [6.45, 7) is 6.62. The lowest BCUT2D eigenvalue weighted by molar-refractivity contribution is -0.167. The lowest BCUT2D eigenvalue weighted by Crippen LogP contribution is -2.30. The van der Waals surface area contributed by atoms with Crippen molar-refractivity contribution in [3.05, 3.63) is 12.2 Å². The second kappa shape index (κ2) is 59.7. The lowest BCUT2D eigenvalue weighted by atomic mass is 10.0. The fourth-order valence-electron chi connectivity index (χ4n) is 9.74. The minimum atomic E-state index is -0.767. The average molecular weight is 988 g/mol. The molecule has 0 aromatic carbocycles. The molecule has 0 heterocycles. The summed E-state index contributed by atoms with van der Waals surface area (Å²) in [5.41, 5.74) is 0. The Hall–Kier alpha value is -1.85. The monoisotopic (exact) mass is 987 g/mol. The summed E-state index contributed by atoms with van der Waals surface area (Å²) >= 11 is 0. The number of allylic oxidation sites excluding steroid dienone is 2. The van der Waals surface area contributed by atoms with Crippen LogP contribution >= 0.6 is 0 Å². The van der Waals surface area contributed by atoms with Crippen LogP contribution in [0.4, 0.5) is 0 Å². The molecule has 0 radical (unpaired) electrons. The zero-order valence-corrected chi connectivity index (χ0v) is 47.6. The maximum Gasteiger partial charge on any atom is 0.306 e. The van der Waals surface area contributed by atoms with E-state index in [4.69, 9.17) is 14.2 Å². The van der Waals surface area contributed by atoms with Gasteiger partial charge in [0, 0.05) is 19.3 Å². The Balaban J connectivity index is 3.89. The molecule has 0 N–H and O–H groups in total. The highest BCUT2D eigenvalue weighted by Gasteiger charge is 2.19. The van der Waals surface area contributed by atoms with Gasteiger partial charge in [-0.25, -0.2) is 0 Å². The Morgan fingerprint density at radius 3 is 0.714 bits per heavy atom. The summed E-state index contributed by atoms with van der Waals surface area (Å²) in [7, 11) is 0. The van der Waals surface area contributed by atoms with Crippen LogP contribution in [-0.2, 0) is 28.6 Å². The predicted octanol–water partition coefficient (Wildman–Crippen LogP) is 21.3. The van der Waals surface area contributed by atoms with E-state index in [1.165, 1.54) is 257 Å². The Bertz CT molecular complexity index is 1090. The molecule has 0 aliphatic rings. The number of rotatable bonds is 59. The maximum atomic E-state index is 12.8. The predicted molar refractivity (Wildman–Crippen MR) is 303 cm³/mol. The number of carbonyl (C=O) groups excluding carboxylic acids is 3. The molecule has 0 fully saturated rings. The Morgan fingerprint density at radius 1 is 0.271 bits per heavy atom. The molecule has 70 heavy (non-hydrogen) atoms. The molecule has 1 atom stereocenters. The van der Waals surface area contributed by atoms with E-state index in [1.54, 1.807) is 0 Å². The summed E-state index contributed by atoms with van der Waals surface area (Å²) in [6, 6.07) is 0. The van der Waals surface area contributed by atoms with E-state index in [9.17, 15) is 14.4 Å². The topological polar surface area (TPSA) is 78.9 Å². The Labute approximate surface area is 437 Å². The van der Waals surface area contributed by atoms with Gasteiger partial charge in [0.25, 0.3) is 0 Å². The van der Waals surface area contributed by atoms with Crippen molar-refractivity contribution in [1.29, 1.82) is 0 Å². The standard InChI is InChI=1S/C64H122O6/c1-4-7-10-13-16-18-20-22-24-25-26-27-28-29-30-31-32-33-34-35-36-37-38-39-40-41-43-44-46-48-51-54-57-63(66)69-60-61(59-68-62(65)56-53-50-15-12-9-6-3)70-64(67)58-55-52-49-47-45-42-23-21-19-17-14-11-8-5-2/h21,23,61H,4-20,22,24-60H2,1-3H3/b23-21-. The molecule has 6 heteroatoms. The van der Waals surface area contributed by atoms with E-state index >= 15 is 0 Å². The van der Waals surface area contributed by atoms with Crippen LogP contribution in [0.5, 0.6) is 0 Å². The second-order valence-corrected chi connectivity index (χ2v) is 21.7. The molecule has 0 aromatic rings. The largest absolute Gasteiger partial charge is 0.462 e. The Morgan fingerprint density at radius 2 is 0.471 bits per heavy atom. The molecule has 0 spiro atoms. The van der Waals surface area contributed by atoms with Gasteiger partial charge in [-0.15, -0.1) is 0 Å². The summed E-state index contributed by atoms with van der Waals surface area (Å²) < 4.78 is 16.8. The van der Waals surface area contributed by atoms with Crippen LogP contribution in [0.2, 0.25) is 0 Å². The van der Waals surface area contributed by atoms with Gasteiger partial charge in [-0.1, -0.05) is 309 Å². The zero-order chi connectivity index (χ0) is 50.7. The van der Waals surface area contributed by atoms with Crippen molar-refractivity contribution >= 4 is 17.9 Å². The van der Waals surface area contributed by atoms with E-state index in [-0.39, 0.29) is 31.1 Å². The number of hydrogen-bond acceptors (Lipinski definition) is 6. The fourth-order valence-corrected chi connectivity index (χ4v) is 9.74. The normalized spacial score (nSPS) is 12.0. The number of ether oxygens (including phenoxy) is 3. The van der Waals surface area contributed by atoms with Crippen LogP contribution in [0.25, 0.3) is 0 Å². The van der Waals surface area contributed by atoms with E-state index in [0.29, 0.717) is 19.3 Å². The number of hydrogen-bond donors (Lipinski definition) is 0. The molecule has 0 saturated carbocycles. The average Bonchev–Trinajstić information content (AvgIpc) is 3.36. The van der Waals surface area contributed by atoms with E-state index in [0.717, 1.165) is 64.2 Å². The van der Waals surface area contributed by atoms with E-state index in [2.05, 4.69) is 32.9 Å². The van der Waals surface area contributed by atoms with Crippen LogP contribution in [0, 0.1) is 0 Å². The van der Waals surface area contributed by atoms with Crippen LogP contribution in [-0.4, -0.2) is 37.2 Å². The minimum Gasteiger partial charge on any atom is -0.462 e. The second-order valence-electron chi connectivity index (χ2n) is 21.7. The van der Waals surface area contributed by atoms with Gasteiger partial charge in [-0.3, -0.25) is 14.4 Å². The molecule has 0 aliphatic carbocycles. The highest BCUT2D eigenvalue weighted by atomic mass is 16.6. The third-order valence-electron chi connectivity index (χ3n) is 14.5. The van der Waals surface area contributed by atoms with E-state index < -0.39 is 6.10 Å². The molecule has 6 nitrogen and oxygen atoms in total. The molecule has 0 aromatic heterocycles. The van der Waals surface area contributed by atoms with Crippen molar-refractivity contribution in [2.45, 2.75) is 367 Å². The van der Waals surface area contributed by atoms with Crippen LogP contribution in [0.3, 0.4) is 0 Å². The Kier molecular flexibility index (Phi) is 58.1. The molecule has 0 bridgehead atoms. The maximum absolute atomic E-state index is 12.8. The van der Waals surface area contributed by atoms with Crippen molar-refractivity contribution in [1.82, 2.24) is 0 Å². The van der Waals surface area contributed by atoms with E-state index in [1.807, 2.05) is 0 Å². The zero-order valence-electron chi connectivity index (χ0n) is 47.6. The van der Waals surface area contributed by atoms with Gasteiger partial charge in [0.15, 0.2) is 6.10 Å². The van der Waals surface area contributed by atoms with Gasteiger partial charge in [-0.2, -0.15) is 0 Å². The third-order valence-corrected chi connectivity index (χ3v) is 14.5. The lowest BCUT2D eigenvalue weighted by Gasteiger charge is -2.18.